The van der Waals surface area contributed by atoms with Crippen LogP contribution >= 0.6 is 15.9 Å². The second-order valence-electron chi connectivity index (χ2n) is 2.57. The van der Waals surface area contributed by atoms with Gasteiger partial charge in [0.2, 0.25) is 0 Å². The maximum absolute atomic E-state index is 7.50. The van der Waals surface area contributed by atoms with Gasteiger partial charge in [-0.3, -0.25) is 0 Å². The van der Waals surface area contributed by atoms with E-state index in [1.807, 2.05) is 13.8 Å². The van der Waals surface area contributed by atoms with Gasteiger partial charge < -0.3 is 11.1 Å². The number of nitrogens with one attached hydrogen (secondary N) is 1. The summed E-state index contributed by atoms with van der Waals surface area (Å²) in [5.41, 5.74) is 6.69. The summed E-state index contributed by atoms with van der Waals surface area (Å²) < 4.78 is 0.725. The van der Waals surface area contributed by atoms with E-state index in [2.05, 4.69) is 15.9 Å². The number of hydrogen-bond donors (Lipinski definition) is 2. The molecular formula is C7H13BrN2. The monoisotopic (exact) mass is 204 g/mol. The molecule has 0 saturated heterocycles. The molecule has 0 saturated carbocycles. The molecule has 0 amide bonds. The fourth-order valence-corrected chi connectivity index (χ4v) is 0.924. The van der Waals surface area contributed by atoms with Gasteiger partial charge in [0.1, 0.15) is 0 Å². The van der Waals surface area contributed by atoms with Crippen molar-refractivity contribution in [2.45, 2.75) is 20.8 Å². The quantitative estimate of drug-likeness (QED) is 0.667. The van der Waals surface area contributed by atoms with Gasteiger partial charge in [0.25, 0.3) is 0 Å². The summed E-state index contributed by atoms with van der Waals surface area (Å²) in [6.07, 6.45) is 0. The molecule has 0 aromatic heterocycles. The van der Waals surface area contributed by atoms with Crippen LogP contribution in [0.3, 0.4) is 0 Å². The lowest BCUT2D eigenvalue weighted by molar-refractivity contribution is 0.879. The number of nitrogens with two attached hydrogens (primary N) is 1. The van der Waals surface area contributed by atoms with Crippen LogP contribution in [0.25, 0.3) is 0 Å². The summed E-state index contributed by atoms with van der Waals surface area (Å²) in [6, 6.07) is 0. The Kier molecular flexibility index (Phi) is 3.64. The molecule has 0 fully saturated rings. The van der Waals surface area contributed by atoms with E-state index in [9.17, 15) is 0 Å². The Balaban J connectivity index is 4.38. The predicted octanol–water partition coefficient (Wildman–Crippen LogP) is 2.25. The summed E-state index contributed by atoms with van der Waals surface area (Å²) in [6.45, 7) is 5.71. The molecule has 10 heavy (non-hydrogen) atoms. The number of halogens is 1. The molecule has 0 heterocycles. The average molecular weight is 205 g/mol. The van der Waals surface area contributed by atoms with Crippen LogP contribution in [0, 0.1) is 11.3 Å². The van der Waals surface area contributed by atoms with Crippen molar-refractivity contribution >= 4 is 21.6 Å². The molecule has 0 aromatic rings. The minimum atomic E-state index is 0.230. The molecule has 3 heteroatoms. The zero-order chi connectivity index (χ0) is 8.31. The van der Waals surface area contributed by atoms with E-state index < -0.39 is 0 Å². The van der Waals surface area contributed by atoms with E-state index in [1.165, 1.54) is 0 Å². The van der Waals surface area contributed by atoms with Crippen LogP contribution in [0.5, 0.6) is 0 Å². The van der Waals surface area contributed by atoms with Crippen LogP contribution in [-0.2, 0) is 0 Å². The molecule has 0 unspecified atom stereocenters. The second-order valence-corrected chi connectivity index (χ2v) is 3.36. The third-order valence-electron chi connectivity index (χ3n) is 1.16. The van der Waals surface area contributed by atoms with E-state index in [-0.39, 0.29) is 5.92 Å². The minimum absolute atomic E-state index is 0.230. The first-order valence-electron chi connectivity index (χ1n) is 3.17. The fraction of sp³-hybridized carbons (Fsp3) is 0.571. The van der Waals surface area contributed by atoms with Crippen molar-refractivity contribution < 1.29 is 0 Å². The van der Waals surface area contributed by atoms with Gasteiger partial charge in [-0.05, 0) is 28.8 Å². The highest BCUT2D eigenvalue weighted by Crippen LogP contribution is 2.14. The Bertz CT molecular complexity index is 166. The first kappa shape index (κ1) is 9.69. The van der Waals surface area contributed by atoms with Crippen LogP contribution in [0.2, 0.25) is 0 Å². The van der Waals surface area contributed by atoms with E-state index in [0.29, 0.717) is 11.4 Å². The summed E-state index contributed by atoms with van der Waals surface area (Å²) in [5.74, 6) is 0.230. The van der Waals surface area contributed by atoms with E-state index in [0.717, 1.165) is 4.48 Å². The van der Waals surface area contributed by atoms with Crippen molar-refractivity contribution in [2.24, 2.45) is 11.7 Å². The molecule has 0 radical (unpaired) electrons. The van der Waals surface area contributed by atoms with Crippen LogP contribution in [0.4, 0.5) is 0 Å². The Morgan fingerprint density at radius 2 is 1.90 bits per heavy atom. The first-order valence-corrected chi connectivity index (χ1v) is 3.96. The summed E-state index contributed by atoms with van der Waals surface area (Å²) in [7, 11) is 0. The maximum Gasteiger partial charge on any atom is 0.0570 e. The molecule has 3 N–H and O–H groups in total. The number of allylic oxidation sites excluding steroid dienone is 2. The molecule has 0 spiro atoms. The maximum atomic E-state index is 7.50. The van der Waals surface area contributed by atoms with Gasteiger partial charge in [-0.2, -0.15) is 0 Å². The van der Waals surface area contributed by atoms with Crippen molar-refractivity contribution in [3.05, 3.63) is 10.2 Å². The first-order chi connectivity index (χ1) is 4.46. The van der Waals surface area contributed by atoms with Gasteiger partial charge in [-0.15, -0.1) is 0 Å². The minimum Gasteiger partial charge on any atom is -0.401 e. The van der Waals surface area contributed by atoms with E-state index in [1.54, 1.807) is 6.92 Å². The van der Waals surface area contributed by atoms with Crippen molar-refractivity contribution in [1.82, 2.24) is 0 Å². The van der Waals surface area contributed by atoms with Gasteiger partial charge in [0, 0.05) is 11.4 Å². The van der Waals surface area contributed by atoms with Gasteiger partial charge in [0.15, 0.2) is 0 Å². The van der Waals surface area contributed by atoms with Gasteiger partial charge in [0.05, 0.1) is 4.48 Å². The summed E-state index contributed by atoms with van der Waals surface area (Å²) >= 11 is 3.24. The topological polar surface area (TPSA) is 49.9 Å². The lowest BCUT2D eigenvalue weighted by Crippen LogP contribution is -2.09. The van der Waals surface area contributed by atoms with Gasteiger partial charge in [-0.25, -0.2) is 0 Å². The molecule has 2 nitrogen and oxygen atoms in total. The molecule has 0 aliphatic carbocycles. The zero-order valence-corrected chi connectivity index (χ0v) is 8.12. The van der Waals surface area contributed by atoms with Crippen LogP contribution in [0.1, 0.15) is 20.8 Å². The standard InChI is InChI=1S/C7H13BrN2/c1-4(2)7(10)6(8)5(3)9/h4,10H,9H2,1-3H3/b6-5+,10-7?. The van der Waals surface area contributed by atoms with Crippen molar-refractivity contribution in [3.8, 4) is 0 Å². The smallest absolute Gasteiger partial charge is 0.0570 e. The third kappa shape index (κ3) is 2.52. The van der Waals surface area contributed by atoms with E-state index >= 15 is 0 Å². The third-order valence-corrected chi connectivity index (χ3v) is 2.21. The molecule has 58 valence electrons. The summed E-state index contributed by atoms with van der Waals surface area (Å²) in [4.78, 5) is 0. The van der Waals surface area contributed by atoms with Crippen molar-refractivity contribution in [3.63, 3.8) is 0 Å². The number of hydrogen-bond acceptors (Lipinski definition) is 2. The van der Waals surface area contributed by atoms with Crippen LogP contribution in [0.15, 0.2) is 10.2 Å². The Morgan fingerprint density at radius 1 is 1.50 bits per heavy atom. The lowest BCUT2D eigenvalue weighted by atomic mass is 10.1. The van der Waals surface area contributed by atoms with E-state index in [4.69, 9.17) is 11.1 Å². The summed E-state index contributed by atoms with van der Waals surface area (Å²) in [5, 5.41) is 7.50. The molecule has 0 aromatic carbocycles. The molecule has 0 aliphatic rings. The zero-order valence-electron chi connectivity index (χ0n) is 6.53. The molecule has 0 bridgehead atoms. The molecular weight excluding hydrogens is 192 g/mol. The fourth-order valence-electron chi connectivity index (χ4n) is 0.466. The molecule has 0 rings (SSSR count). The second kappa shape index (κ2) is 3.76. The average Bonchev–Trinajstić information content (AvgIpc) is 1.84. The van der Waals surface area contributed by atoms with Crippen LogP contribution in [-0.4, -0.2) is 5.71 Å². The highest BCUT2D eigenvalue weighted by atomic mass is 79.9. The largest absolute Gasteiger partial charge is 0.401 e. The van der Waals surface area contributed by atoms with Gasteiger partial charge >= 0.3 is 0 Å². The molecule has 0 atom stereocenters. The normalized spacial score (nSPS) is 13.3. The Morgan fingerprint density at radius 3 is 2.00 bits per heavy atom. The molecule has 0 aliphatic heterocycles. The Hall–Kier alpha value is -0.310. The highest BCUT2D eigenvalue weighted by molar-refractivity contribution is 9.12. The lowest BCUT2D eigenvalue weighted by Gasteiger charge is -2.06. The van der Waals surface area contributed by atoms with Crippen molar-refractivity contribution in [2.75, 3.05) is 0 Å². The van der Waals surface area contributed by atoms with Crippen molar-refractivity contribution in [1.29, 1.82) is 5.41 Å². The Labute approximate surface area is 70.1 Å². The highest BCUT2D eigenvalue weighted by Gasteiger charge is 2.07. The predicted molar refractivity (Wildman–Crippen MR) is 48.4 cm³/mol. The SMILES string of the molecule is C/C(N)=C(\Br)C(=N)C(C)C. The number of rotatable bonds is 2. The van der Waals surface area contributed by atoms with Crippen LogP contribution < -0.4 is 5.73 Å². The van der Waals surface area contributed by atoms with Gasteiger partial charge in [-0.1, -0.05) is 13.8 Å².